The minimum absolute atomic E-state index is 0.203. The molecule has 0 fully saturated rings. The summed E-state index contributed by atoms with van der Waals surface area (Å²) in [6, 6.07) is 12.0. The van der Waals surface area contributed by atoms with Gasteiger partial charge in [0.15, 0.2) is 18.1 Å². The van der Waals surface area contributed by atoms with Crippen molar-refractivity contribution in [3.8, 4) is 5.75 Å². The lowest BCUT2D eigenvalue weighted by atomic mass is 10.2. The Bertz CT molecular complexity index is 873. The number of nitrogens with zero attached hydrogens (tertiary/aromatic N) is 3. The predicted octanol–water partition coefficient (Wildman–Crippen LogP) is 0.523. The van der Waals surface area contributed by atoms with E-state index < -0.39 is 5.91 Å². The molecule has 0 radical (unpaired) electrons. The third-order valence-electron chi connectivity index (χ3n) is 3.29. The number of benzene rings is 1. The van der Waals surface area contributed by atoms with E-state index in [1.807, 2.05) is 24.4 Å². The lowest BCUT2D eigenvalue weighted by Crippen LogP contribution is -2.24. The average molecular weight is 325 g/mol. The van der Waals surface area contributed by atoms with Crippen molar-refractivity contribution in [3.63, 3.8) is 0 Å². The van der Waals surface area contributed by atoms with Crippen molar-refractivity contribution < 1.29 is 14.3 Å². The van der Waals surface area contributed by atoms with Crippen LogP contribution in [0.2, 0.25) is 0 Å². The second-order valence-corrected chi connectivity index (χ2v) is 5.01. The van der Waals surface area contributed by atoms with Gasteiger partial charge in [0.25, 0.3) is 11.8 Å². The lowest BCUT2D eigenvalue weighted by molar-refractivity contribution is -0.119. The standard InChI is InChI=1S/C16H15N5O3/c17-13(22)10-24-12-6-4-11(5-7-12)16(23)18-9-15-20-19-14-3-1-2-8-21(14)15/h1-8H,9-10H2,(H2,17,22)(H,18,23). The number of hydrogen-bond acceptors (Lipinski definition) is 5. The number of ether oxygens (including phenoxy) is 1. The molecule has 3 N–H and O–H groups in total. The Balaban J connectivity index is 1.61. The monoisotopic (exact) mass is 325 g/mol. The summed E-state index contributed by atoms with van der Waals surface area (Å²) < 4.78 is 6.95. The Morgan fingerprint density at radius 1 is 1.12 bits per heavy atom. The van der Waals surface area contributed by atoms with Crippen LogP contribution in [0, 0.1) is 0 Å². The van der Waals surface area contributed by atoms with Gasteiger partial charge in [-0.2, -0.15) is 0 Å². The fourth-order valence-corrected chi connectivity index (χ4v) is 2.13. The van der Waals surface area contributed by atoms with Crippen LogP contribution in [-0.2, 0) is 11.3 Å². The Morgan fingerprint density at radius 2 is 1.92 bits per heavy atom. The molecule has 0 spiro atoms. The number of nitrogens with one attached hydrogen (secondary N) is 1. The number of hydrogen-bond donors (Lipinski definition) is 2. The van der Waals surface area contributed by atoms with Crippen LogP contribution >= 0.6 is 0 Å². The van der Waals surface area contributed by atoms with Crippen LogP contribution in [0.25, 0.3) is 5.65 Å². The average Bonchev–Trinajstić information content (AvgIpc) is 3.01. The second-order valence-electron chi connectivity index (χ2n) is 5.01. The third kappa shape index (κ3) is 3.49. The lowest BCUT2D eigenvalue weighted by Gasteiger charge is -2.06. The SMILES string of the molecule is NC(=O)COc1ccc(C(=O)NCc2nnc3ccccn23)cc1. The van der Waals surface area contributed by atoms with E-state index in [0.717, 1.165) is 5.65 Å². The number of rotatable bonds is 6. The van der Waals surface area contributed by atoms with Gasteiger partial charge in [-0.05, 0) is 36.4 Å². The van der Waals surface area contributed by atoms with E-state index in [1.165, 1.54) is 0 Å². The van der Waals surface area contributed by atoms with Gasteiger partial charge in [-0.1, -0.05) is 6.07 Å². The molecule has 8 nitrogen and oxygen atoms in total. The molecule has 0 bridgehead atoms. The van der Waals surface area contributed by atoms with Gasteiger partial charge in [0.1, 0.15) is 5.75 Å². The van der Waals surface area contributed by atoms with Crippen molar-refractivity contribution in [3.05, 3.63) is 60.0 Å². The molecule has 3 aromatic rings. The van der Waals surface area contributed by atoms with Crippen molar-refractivity contribution in [1.29, 1.82) is 0 Å². The maximum absolute atomic E-state index is 12.2. The molecule has 0 saturated heterocycles. The number of aromatic nitrogens is 3. The zero-order valence-corrected chi connectivity index (χ0v) is 12.7. The summed E-state index contributed by atoms with van der Waals surface area (Å²) in [5, 5.41) is 10.9. The van der Waals surface area contributed by atoms with E-state index in [0.29, 0.717) is 17.1 Å². The number of amides is 2. The Labute approximate surface area is 137 Å². The van der Waals surface area contributed by atoms with Crippen LogP contribution in [0.4, 0.5) is 0 Å². The summed E-state index contributed by atoms with van der Waals surface area (Å²) in [7, 11) is 0. The normalized spacial score (nSPS) is 10.5. The van der Waals surface area contributed by atoms with Crippen LogP contribution < -0.4 is 15.8 Å². The first-order valence-corrected chi connectivity index (χ1v) is 7.21. The molecule has 24 heavy (non-hydrogen) atoms. The zero-order valence-electron chi connectivity index (χ0n) is 12.7. The number of carbonyl (C=O) groups is 2. The third-order valence-corrected chi connectivity index (χ3v) is 3.29. The van der Waals surface area contributed by atoms with Gasteiger partial charge < -0.3 is 15.8 Å². The number of pyridine rings is 1. The smallest absolute Gasteiger partial charge is 0.255 e. The van der Waals surface area contributed by atoms with Crippen molar-refractivity contribution in [2.75, 3.05) is 6.61 Å². The van der Waals surface area contributed by atoms with Crippen LogP contribution in [0.15, 0.2) is 48.7 Å². The fourth-order valence-electron chi connectivity index (χ4n) is 2.13. The zero-order chi connectivity index (χ0) is 16.9. The summed E-state index contributed by atoms with van der Waals surface area (Å²) in [6.45, 7) is 0.0510. The van der Waals surface area contributed by atoms with Crippen molar-refractivity contribution in [2.24, 2.45) is 5.73 Å². The number of primary amides is 1. The van der Waals surface area contributed by atoms with Gasteiger partial charge in [-0.15, -0.1) is 10.2 Å². The van der Waals surface area contributed by atoms with Gasteiger partial charge in [0.05, 0.1) is 6.54 Å². The van der Waals surface area contributed by atoms with Gasteiger partial charge in [-0.3, -0.25) is 14.0 Å². The van der Waals surface area contributed by atoms with Gasteiger partial charge in [-0.25, -0.2) is 0 Å². The molecule has 8 heteroatoms. The van der Waals surface area contributed by atoms with Gasteiger partial charge >= 0.3 is 0 Å². The first-order valence-electron chi connectivity index (χ1n) is 7.21. The summed E-state index contributed by atoms with van der Waals surface area (Å²) in [6.07, 6.45) is 1.84. The molecule has 0 aliphatic rings. The number of fused-ring (bicyclic) bond motifs is 1. The molecule has 3 rings (SSSR count). The molecule has 0 saturated carbocycles. The molecular formula is C16H15N5O3. The minimum Gasteiger partial charge on any atom is -0.484 e. The highest BCUT2D eigenvalue weighted by Gasteiger charge is 2.09. The Morgan fingerprint density at radius 3 is 2.67 bits per heavy atom. The summed E-state index contributed by atoms with van der Waals surface area (Å²) in [5.41, 5.74) is 6.19. The second kappa shape index (κ2) is 6.78. The van der Waals surface area contributed by atoms with Crippen LogP contribution in [0.3, 0.4) is 0 Å². The molecule has 0 aliphatic carbocycles. The van der Waals surface area contributed by atoms with E-state index in [2.05, 4.69) is 15.5 Å². The molecule has 1 aromatic carbocycles. The quantitative estimate of drug-likeness (QED) is 0.686. The minimum atomic E-state index is -0.558. The highest BCUT2D eigenvalue weighted by Crippen LogP contribution is 2.12. The maximum Gasteiger partial charge on any atom is 0.255 e. The summed E-state index contributed by atoms with van der Waals surface area (Å²) >= 11 is 0. The van der Waals surface area contributed by atoms with E-state index in [4.69, 9.17) is 10.5 Å². The highest BCUT2D eigenvalue weighted by molar-refractivity contribution is 5.94. The molecule has 0 aliphatic heterocycles. The van der Waals surface area contributed by atoms with Crippen molar-refractivity contribution in [1.82, 2.24) is 19.9 Å². The van der Waals surface area contributed by atoms with Gasteiger partial charge in [0, 0.05) is 11.8 Å². The molecule has 122 valence electrons. The molecular weight excluding hydrogens is 310 g/mol. The highest BCUT2D eigenvalue weighted by atomic mass is 16.5. The van der Waals surface area contributed by atoms with Crippen LogP contribution in [-0.4, -0.2) is 33.0 Å². The van der Waals surface area contributed by atoms with Crippen molar-refractivity contribution in [2.45, 2.75) is 6.54 Å². The number of carbonyl (C=O) groups excluding carboxylic acids is 2. The first-order chi connectivity index (χ1) is 11.6. The van der Waals surface area contributed by atoms with Crippen molar-refractivity contribution >= 4 is 17.5 Å². The van der Waals surface area contributed by atoms with Crippen LogP contribution in [0.5, 0.6) is 5.75 Å². The van der Waals surface area contributed by atoms with E-state index in [9.17, 15) is 9.59 Å². The predicted molar refractivity (Wildman–Crippen MR) is 85.3 cm³/mol. The number of nitrogens with two attached hydrogens (primary N) is 1. The molecule has 2 amide bonds. The van der Waals surface area contributed by atoms with Gasteiger partial charge in [0.2, 0.25) is 0 Å². The maximum atomic E-state index is 12.2. The summed E-state index contributed by atoms with van der Waals surface area (Å²) in [4.78, 5) is 22.8. The topological polar surface area (TPSA) is 112 Å². The Kier molecular flexibility index (Phi) is 4.37. The fraction of sp³-hybridized carbons (Fsp3) is 0.125. The van der Waals surface area contributed by atoms with E-state index in [-0.39, 0.29) is 19.1 Å². The molecule has 2 aromatic heterocycles. The van der Waals surface area contributed by atoms with E-state index in [1.54, 1.807) is 28.7 Å². The molecule has 0 atom stereocenters. The largest absolute Gasteiger partial charge is 0.484 e. The van der Waals surface area contributed by atoms with E-state index >= 15 is 0 Å². The summed E-state index contributed by atoms with van der Waals surface area (Å²) in [5.74, 6) is 0.302. The Hall–Kier alpha value is -3.42. The first kappa shape index (κ1) is 15.5. The molecule has 2 heterocycles. The molecule has 0 unspecified atom stereocenters. The van der Waals surface area contributed by atoms with Crippen LogP contribution in [0.1, 0.15) is 16.2 Å².